The summed E-state index contributed by atoms with van der Waals surface area (Å²) in [6.45, 7) is 9.87. The van der Waals surface area contributed by atoms with Crippen molar-refractivity contribution in [3.63, 3.8) is 0 Å². The number of nitrogens with zero attached hydrogens (tertiary/aromatic N) is 1. The molecule has 0 spiro atoms. The molecule has 1 heterocycles. The lowest BCUT2D eigenvalue weighted by molar-refractivity contribution is -0.124. The van der Waals surface area contributed by atoms with Gasteiger partial charge in [-0.25, -0.2) is 0 Å². The van der Waals surface area contributed by atoms with Crippen molar-refractivity contribution in [3.8, 4) is 0 Å². The fourth-order valence-electron chi connectivity index (χ4n) is 4.25. The number of carbonyl (C=O) groups is 1. The summed E-state index contributed by atoms with van der Waals surface area (Å²) >= 11 is 0. The summed E-state index contributed by atoms with van der Waals surface area (Å²) in [5, 5.41) is 3.36. The maximum atomic E-state index is 11.9. The lowest BCUT2D eigenvalue weighted by Crippen LogP contribution is -2.54. The Balaban J connectivity index is 2.01. The minimum Gasteiger partial charge on any atom is -0.368 e. The molecule has 1 amide bonds. The molecule has 1 saturated heterocycles. The number of carbonyl (C=O) groups excluding carboxylic acids is 1. The van der Waals surface area contributed by atoms with Crippen LogP contribution in [-0.2, 0) is 4.79 Å². The van der Waals surface area contributed by atoms with E-state index in [9.17, 15) is 4.79 Å². The number of hydrogen-bond donors (Lipinski definition) is 2. The van der Waals surface area contributed by atoms with Gasteiger partial charge in [-0.3, -0.25) is 9.69 Å². The van der Waals surface area contributed by atoms with E-state index in [1.165, 1.54) is 32.4 Å². The van der Waals surface area contributed by atoms with Gasteiger partial charge in [0.15, 0.2) is 0 Å². The van der Waals surface area contributed by atoms with Crippen molar-refractivity contribution in [2.45, 2.75) is 70.9 Å². The van der Waals surface area contributed by atoms with E-state index >= 15 is 0 Å². The number of nitrogens with one attached hydrogen (secondary N) is 1. The molecule has 0 bridgehead atoms. The van der Waals surface area contributed by atoms with E-state index in [1.54, 1.807) is 0 Å². The van der Waals surface area contributed by atoms with Gasteiger partial charge in [-0.05, 0) is 57.0 Å². The zero-order valence-corrected chi connectivity index (χ0v) is 13.4. The van der Waals surface area contributed by atoms with Crippen LogP contribution in [0.1, 0.15) is 59.3 Å². The van der Waals surface area contributed by atoms with Crippen LogP contribution in [0.4, 0.5) is 0 Å². The molecule has 0 radical (unpaired) electrons. The van der Waals surface area contributed by atoms with Crippen molar-refractivity contribution in [2.24, 2.45) is 11.1 Å². The van der Waals surface area contributed by atoms with Gasteiger partial charge in [0.2, 0.25) is 5.91 Å². The lowest BCUT2D eigenvalue weighted by atomic mass is 9.82. The molecule has 2 fully saturated rings. The van der Waals surface area contributed by atoms with Crippen LogP contribution in [0.15, 0.2) is 0 Å². The second-order valence-electron chi connectivity index (χ2n) is 6.80. The Bertz CT molecular complexity index is 354. The second kappa shape index (κ2) is 6.02. The number of primary amides is 1. The van der Waals surface area contributed by atoms with Gasteiger partial charge in [0.1, 0.15) is 0 Å². The number of likely N-dealkylation sites (N-methyl/N-ethyl adjacent to an activating group) is 1. The van der Waals surface area contributed by atoms with Crippen LogP contribution in [-0.4, -0.2) is 42.0 Å². The van der Waals surface area contributed by atoms with E-state index in [1.807, 2.05) is 6.92 Å². The number of likely N-dealkylation sites (tertiary alicyclic amines) is 1. The van der Waals surface area contributed by atoms with Crippen molar-refractivity contribution >= 4 is 5.91 Å². The van der Waals surface area contributed by atoms with Crippen molar-refractivity contribution in [1.82, 2.24) is 10.2 Å². The lowest BCUT2D eigenvalue weighted by Gasteiger charge is -2.31. The first-order chi connectivity index (χ1) is 9.51. The van der Waals surface area contributed by atoms with Crippen LogP contribution in [0, 0.1) is 5.41 Å². The third kappa shape index (κ3) is 2.73. The fourth-order valence-corrected chi connectivity index (χ4v) is 4.25. The quantitative estimate of drug-likeness (QED) is 0.781. The molecule has 0 aromatic carbocycles. The van der Waals surface area contributed by atoms with Crippen LogP contribution >= 0.6 is 0 Å². The SMILES string of the molecule is CCNC1(C(N)=O)CCC(N2CCC(CC)(CC)C2)C1. The summed E-state index contributed by atoms with van der Waals surface area (Å²) in [4.78, 5) is 14.5. The zero-order chi connectivity index (χ0) is 14.8. The first kappa shape index (κ1) is 15.8. The van der Waals surface area contributed by atoms with Gasteiger partial charge >= 0.3 is 0 Å². The number of hydrogen-bond acceptors (Lipinski definition) is 3. The number of nitrogens with two attached hydrogens (primary N) is 1. The average molecular weight is 281 g/mol. The van der Waals surface area contributed by atoms with Gasteiger partial charge in [-0.2, -0.15) is 0 Å². The summed E-state index contributed by atoms with van der Waals surface area (Å²) in [5.74, 6) is -0.168. The highest BCUT2D eigenvalue weighted by atomic mass is 16.1. The number of rotatable bonds is 6. The van der Waals surface area contributed by atoms with Gasteiger partial charge in [0.05, 0.1) is 5.54 Å². The van der Waals surface area contributed by atoms with Crippen LogP contribution in [0.2, 0.25) is 0 Å². The summed E-state index contributed by atoms with van der Waals surface area (Å²) in [7, 11) is 0. The highest BCUT2D eigenvalue weighted by molar-refractivity contribution is 5.85. The van der Waals surface area contributed by atoms with Gasteiger partial charge in [-0.15, -0.1) is 0 Å². The van der Waals surface area contributed by atoms with E-state index in [4.69, 9.17) is 5.73 Å². The minimum absolute atomic E-state index is 0.168. The molecular weight excluding hydrogens is 250 g/mol. The van der Waals surface area contributed by atoms with E-state index in [0.29, 0.717) is 11.5 Å². The molecule has 0 aromatic heterocycles. The second-order valence-corrected chi connectivity index (χ2v) is 6.80. The molecule has 1 saturated carbocycles. The van der Waals surface area contributed by atoms with Gasteiger partial charge < -0.3 is 11.1 Å². The molecule has 2 aliphatic rings. The van der Waals surface area contributed by atoms with Crippen LogP contribution in [0.3, 0.4) is 0 Å². The molecule has 116 valence electrons. The summed E-state index contributed by atoms with van der Waals surface area (Å²) in [5.41, 5.74) is 5.72. The zero-order valence-electron chi connectivity index (χ0n) is 13.4. The molecular formula is C16H31N3O. The number of amides is 1. The third-order valence-electron chi connectivity index (χ3n) is 5.96. The first-order valence-corrected chi connectivity index (χ1v) is 8.30. The molecule has 2 atom stereocenters. The Labute approximate surface area is 123 Å². The standard InChI is InChI=1S/C16H31N3O/c1-4-15(5-2)9-10-19(12-15)13-7-8-16(11-13,14(17)20)18-6-3/h13,18H,4-12H2,1-3H3,(H2,17,20). The van der Waals surface area contributed by atoms with E-state index in [0.717, 1.165) is 25.8 Å². The van der Waals surface area contributed by atoms with E-state index < -0.39 is 5.54 Å². The predicted molar refractivity (Wildman–Crippen MR) is 82.4 cm³/mol. The summed E-state index contributed by atoms with van der Waals surface area (Å²) in [6, 6.07) is 0.529. The predicted octanol–water partition coefficient (Wildman–Crippen LogP) is 1.88. The van der Waals surface area contributed by atoms with E-state index in [-0.39, 0.29) is 5.91 Å². The van der Waals surface area contributed by atoms with Gasteiger partial charge in [-0.1, -0.05) is 20.8 Å². The highest BCUT2D eigenvalue weighted by Crippen LogP contribution is 2.42. The normalized spacial score (nSPS) is 33.6. The monoisotopic (exact) mass is 281 g/mol. The van der Waals surface area contributed by atoms with Gasteiger partial charge in [0.25, 0.3) is 0 Å². The molecule has 4 nitrogen and oxygen atoms in total. The van der Waals surface area contributed by atoms with Crippen molar-refractivity contribution in [2.75, 3.05) is 19.6 Å². The molecule has 20 heavy (non-hydrogen) atoms. The Morgan fingerprint density at radius 1 is 1.30 bits per heavy atom. The Hall–Kier alpha value is -0.610. The van der Waals surface area contributed by atoms with Gasteiger partial charge in [0, 0.05) is 12.6 Å². The minimum atomic E-state index is -0.455. The fraction of sp³-hybridized carbons (Fsp3) is 0.938. The van der Waals surface area contributed by atoms with Crippen molar-refractivity contribution < 1.29 is 4.79 Å². The van der Waals surface area contributed by atoms with Crippen LogP contribution in [0.25, 0.3) is 0 Å². The molecule has 3 N–H and O–H groups in total. The Morgan fingerprint density at radius 3 is 2.50 bits per heavy atom. The Morgan fingerprint density at radius 2 is 2.00 bits per heavy atom. The average Bonchev–Trinajstić information content (AvgIpc) is 3.04. The molecule has 2 unspecified atom stereocenters. The maximum Gasteiger partial charge on any atom is 0.237 e. The van der Waals surface area contributed by atoms with Crippen LogP contribution in [0.5, 0.6) is 0 Å². The summed E-state index contributed by atoms with van der Waals surface area (Å²) < 4.78 is 0. The van der Waals surface area contributed by atoms with Crippen molar-refractivity contribution in [3.05, 3.63) is 0 Å². The largest absolute Gasteiger partial charge is 0.368 e. The first-order valence-electron chi connectivity index (χ1n) is 8.30. The van der Waals surface area contributed by atoms with Crippen molar-refractivity contribution in [1.29, 1.82) is 0 Å². The highest BCUT2D eigenvalue weighted by Gasteiger charge is 2.47. The smallest absolute Gasteiger partial charge is 0.237 e. The Kier molecular flexibility index (Phi) is 4.75. The molecule has 0 aromatic rings. The third-order valence-corrected chi connectivity index (χ3v) is 5.96. The van der Waals surface area contributed by atoms with Crippen LogP contribution < -0.4 is 11.1 Å². The maximum absolute atomic E-state index is 11.9. The molecule has 1 aliphatic heterocycles. The van der Waals surface area contributed by atoms with E-state index in [2.05, 4.69) is 24.1 Å². The molecule has 1 aliphatic carbocycles. The topological polar surface area (TPSA) is 58.4 Å². The molecule has 4 heteroatoms. The summed E-state index contributed by atoms with van der Waals surface area (Å²) in [6.07, 6.45) is 6.71. The molecule has 2 rings (SSSR count).